The summed E-state index contributed by atoms with van der Waals surface area (Å²) < 4.78 is 84.2. The van der Waals surface area contributed by atoms with Crippen LogP contribution in [0.1, 0.15) is 74.1 Å². The smallest absolute Gasteiger partial charge is 0.403 e. The first kappa shape index (κ1) is 25.4. The molecular weight excluding hydrogens is 442 g/mol. The third-order valence-corrected chi connectivity index (χ3v) is 6.38. The van der Waals surface area contributed by atoms with Crippen molar-refractivity contribution in [3.63, 3.8) is 0 Å². The van der Waals surface area contributed by atoms with Gasteiger partial charge >= 0.3 is 6.36 Å². The summed E-state index contributed by atoms with van der Waals surface area (Å²) in [7, 11) is 0. The molecule has 7 heteroatoms. The number of fused-ring (bicyclic) bond motifs is 1. The number of halogens is 6. The molecule has 2 aromatic carbocycles. The molecular formula is C26H30F6O. The fraction of sp³-hybridized carbons (Fsp3) is 0.538. The number of rotatable bonds is 10. The molecule has 0 aromatic heterocycles. The lowest BCUT2D eigenvalue weighted by Gasteiger charge is -2.25. The van der Waals surface area contributed by atoms with Crippen LogP contribution in [0.5, 0.6) is 5.75 Å². The van der Waals surface area contributed by atoms with Crippen LogP contribution in [0.25, 0.3) is 0 Å². The minimum Gasteiger partial charge on any atom is -0.403 e. The van der Waals surface area contributed by atoms with E-state index in [0.717, 1.165) is 37.8 Å². The normalized spacial score (nSPS) is 16.0. The van der Waals surface area contributed by atoms with E-state index < -0.39 is 29.6 Å². The van der Waals surface area contributed by atoms with E-state index in [2.05, 4.69) is 11.7 Å². The molecule has 1 unspecified atom stereocenters. The molecule has 1 nitrogen and oxygen atoms in total. The maximum absolute atomic E-state index is 14.6. The zero-order valence-corrected chi connectivity index (χ0v) is 18.8. The van der Waals surface area contributed by atoms with Crippen LogP contribution in [0.4, 0.5) is 26.3 Å². The summed E-state index contributed by atoms with van der Waals surface area (Å²) in [4.78, 5) is 0. The van der Waals surface area contributed by atoms with E-state index in [4.69, 9.17) is 0 Å². The maximum Gasteiger partial charge on any atom is 0.573 e. The van der Waals surface area contributed by atoms with Gasteiger partial charge in [-0.1, -0.05) is 32.6 Å². The predicted octanol–water partition coefficient (Wildman–Crippen LogP) is 8.25. The molecule has 1 aliphatic carbocycles. The van der Waals surface area contributed by atoms with E-state index in [1.54, 1.807) is 0 Å². The van der Waals surface area contributed by atoms with Crippen LogP contribution in [0, 0.1) is 23.4 Å². The number of unbranched alkanes of at least 4 members (excludes halogenated alkanes) is 4. The number of hydrogen-bond donors (Lipinski definition) is 0. The molecule has 3 rings (SSSR count). The highest BCUT2D eigenvalue weighted by Crippen LogP contribution is 2.35. The summed E-state index contributed by atoms with van der Waals surface area (Å²) in [5.74, 6) is -2.88. The third-order valence-electron chi connectivity index (χ3n) is 6.38. The minimum atomic E-state index is -4.95. The van der Waals surface area contributed by atoms with Crippen molar-refractivity contribution >= 4 is 0 Å². The number of hydrogen-bond acceptors (Lipinski definition) is 1. The Morgan fingerprint density at radius 2 is 1.55 bits per heavy atom. The molecule has 33 heavy (non-hydrogen) atoms. The van der Waals surface area contributed by atoms with Gasteiger partial charge in [0.05, 0.1) is 0 Å². The van der Waals surface area contributed by atoms with Gasteiger partial charge in [-0.2, -0.15) is 0 Å². The van der Waals surface area contributed by atoms with Crippen molar-refractivity contribution < 1.29 is 31.1 Å². The van der Waals surface area contributed by atoms with Gasteiger partial charge in [0, 0.05) is 5.56 Å². The molecule has 0 bridgehead atoms. The monoisotopic (exact) mass is 472 g/mol. The van der Waals surface area contributed by atoms with Crippen LogP contribution in [0.2, 0.25) is 0 Å². The van der Waals surface area contributed by atoms with Gasteiger partial charge < -0.3 is 4.74 Å². The van der Waals surface area contributed by atoms with Crippen LogP contribution in [0.15, 0.2) is 24.3 Å². The minimum absolute atomic E-state index is 0.0654. The molecule has 182 valence electrons. The lowest BCUT2D eigenvalue weighted by atomic mass is 9.81. The van der Waals surface area contributed by atoms with Gasteiger partial charge in [0.1, 0.15) is 11.6 Å². The van der Waals surface area contributed by atoms with Crippen molar-refractivity contribution in [2.45, 2.75) is 83.9 Å². The van der Waals surface area contributed by atoms with Gasteiger partial charge in [0.25, 0.3) is 0 Å². The Labute approximate surface area is 191 Å². The Morgan fingerprint density at radius 3 is 2.21 bits per heavy atom. The second-order valence-corrected chi connectivity index (χ2v) is 8.95. The van der Waals surface area contributed by atoms with Gasteiger partial charge in [-0.15, -0.1) is 13.2 Å². The molecule has 2 aromatic rings. The molecule has 0 N–H and O–H groups in total. The molecule has 0 radical (unpaired) electrons. The summed E-state index contributed by atoms with van der Waals surface area (Å²) in [6, 6.07) is 5.03. The van der Waals surface area contributed by atoms with Gasteiger partial charge in [-0.25, -0.2) is 13.2 Å². The van der Waals surface area contributed by atoms with E-state index in [0.29, 0.717) is 48.8 Å². The van der Waals surface area contributed by atoms with Gasteiger partial charge in [0.2, 0.25) is 0 Å². The molecule has 0 heterocycles. The fourth-order valence-electron chi connectivity index (χ4n) is 4.60. The fourth-order valence-corrected chi connectivity index (χ4v) is 4.60. The first-order chi connectivity index (χ1) is 15.7. The summed E-state index contributed by atoms with van der Waals surface area (Å²) >= 11 is 0. The van der Waals surface area contributed by atoms with Gasteiger partial charge in [-0.05, 0) is 91.8 Å². The molecule has 0 saturated heterocycles. The number of aryl methyl sites for hydroxylation is 2. The number of ether oxygens (including phenoxy) is 1. The zero-order chi connectivity index (χ0) is 24.0. The quantitative estimate of drug-likeness (QED) is 0.250. The zero-order valence-electron chi connectivity index (χ0n) is 18.8. The van der Waals surface area contributed by atoms with Crippen molar-refractivity contribution in [3.05, 3.63) is 64.0 Å². The Hall–Kier alpha value is -2.18. The van der Waals surface area contributed by atoms with Gasteiger partial charge in [-0.3, -0.25) is 0 Å². The van der Waals surface area contributed by atoms with E-state index in [1.165, 1.54) is 18.6 Å². The van der Waals surface area contributed by atoms with Crippen molar-refractivity contribution in [1.29, 1.82) is 0 Å². The van der Waals surface area contributed by atoms with Crippen LogP contribution in [-0.2, 0) is 25.7 Å². The Kier molecular flexibility index (Phi) is 8.71. The maximum atomic E-state index is 14.6. The molecule has 0 fully saturated rings. The number of benzene rings is 2. The second-order valence-electron chi connectivity index (χ2n) is 8.95. The van der Waals surface area contributed by atoms with Crippen molar-refractivity contribution in [3.8, 4) is 5.75 Å². The van der Waals surface area contributed by atoms with Crippen LogP contribution in [-0.4, -0.2) is 6.36 Å². The topological polar surface area (TPSA) is 9.23 Å². The predicted molar refractivity (Wildman–Crippen MR) is 116 cm³/mol. The van der Waals surface area contributed by atoms with Crippen molar-refractivity contribution in [2.24, 2.45) is 5.92 Å². The van der Waals surface area contributed by atoms with E-state index >= 15 is 0 Å². The average molecular weight is 473 g/mol. The molecule has 0 saturated carbocycles. The summed E-state index contributed by atoms with van der Waals surface area (Å²) in [6.07, 6.45) is 3.43. The Balaban J connectivity index is 1.57. The van der Waals surface area contributed by atoms with Crippen LogP contribution >= 0.6 is 0 Å². The van der Waals surface area contributed by atoms with Crippen molar-refractivity contribution in [2.75, 3.05) is 0 Å². The molecule has 0 aliphatic heterocycles. The average Bonchev–Trinajstić information content (AvgIpc) is 2.72. The van der Waals surface area contributed by atoms with E-state index in [9.17, 15) is 26.3 Å². The standard InChI is InChI=1S/C26H30F6O/c1-2-3-4-5-6-7-18-13-22(27)21(23(28)14-18)11-9-17-8-10-19-16-25(33-26(30,31)32)24(29)15-20(19)12-17/h13-17H,2-12H2,1H3. The van der Waals surface area contributed by atoms with E-state index in [1.807, 2.05) is 0 Å². The molecule has 1 aliphatic rings. The lowest BCUT2D eigenvalue weighted by Crippen LogP contribution is -2.20. The highest BCUT2D eigenvalue weighted by molar-refractivity contribution is 5.39. The summed E-state index contributed by atoms with van der Waals surface area (Å²) in [5, 5.41) is 0. The number of alkyl halides is 3. The first-order valence-electron chi connectivity index (χ1n) is 11.7. The highest BCUT2D eigenvalue weighted by Gasteiger charge is 2.33. The van der Waals surface area contributed by atoms with Crippen LogP contribution < -0.4 is 4.74 Å². The molecule has 0 spiro atoms. The summed E-state index contributed by atoms with van der Waals surface area (Å²) in [6.45, 7) is 2.14. The third kappa shape index (κ3) is 7.41. The Bertz CT molecular complexity index is 914. The van der Waals surface area contributed by atoms with Gasteiger partial charge in [0.15, 0.2) is 11.6 Å². The lowest BCUT2D eigenvalue weighted by molar-refractivity contribution is -0.275. The van der Waals surface area contributed by atoms with Crippen molar-refractivity contribution in [1.82, 2.24) is 0 Å². The summed E-state index contributed by atoms with van der Waals surface area (Å²) in [5.41, 5.74) is 1.98. The second kappa shape index (κ2) is 11.3. The van der Waals surface area contributed by atoms with E-state index in [-0.39, 0.29) is 17.9 Å². The Morgan fingerprint density at radius 1 is 0.848 bits per heavy atom. The van der Waals surface area contributed by atoms with Crippen LogP contribution in [0.3, 0.4) is 0 Å². The molecule has 1 atom stereocenters. The SMILES string of the molecule is CCCCCCCc1cc(F)c(CCC2CCc3cc(OC(F)(F)F)c(F)cc3C2)c(F)c1. The highest BCUT2D eigenvalue weighted by atomic mass is 19.4. The molecule has 0 amide bonds. The largest absolute Gasteiger partial charge is 0.573 e. The first-order valence-corrected chi connectivity index (χ1v) is 11.7.